The Kier molecular flexibility index (Phi) is 4.89. The van der Waals surface area contributed by atoms with Gasteiger partial charge in [0.1, 0.15) is 0 Å². The maximum absolute atomic E-state index is 12.8. The molecule has 0 amide bonds. The number of aryl methyl sites for hydroxylation is 1. The molecule has 6 heteroatoms. The van der Waals surface area contributed by atoms with Gasteiger partial charge in [-0.25, -0.2) is 8.42 Å². The lowest BCUT2D eigenvalue weighted by Gasteiger charge is -2.22. The normalized spacial score (nSPS) is 16.3. The summed E-state index contributed by atoms with van der Waals surface area (Å²) in [6.45, 7) is 6.52. The number of sulfonamides is 1. The Hall–Kier alpha value is -0.430. The van der Waals surface area contributed by atoms with Crippen molar-refractivity contribution in [3.05, 3.63) is 15.8 Å². The molecule has 0 radical (unpaired) electrons. The summed E-state index contributed by atoms with van der Waals surface area (Å²) in [7, 11) is -3.42. The predicted molar refractivity (Wildman–Crippen MR) is 81.3 cm³/mol. The van der Waals surface area contributed by atoms with E-state index in [4.69, 9.17) is 0 Å². The largest absolute Gasteiger partial charge is 0.391 e. The zero-order valence-corrected chi connectivity index (χ0v) is 13.9. The van der Waals surface area contributed by atoms with Gasteiger partial charge in [-0.2, -0.15) is 4.31 Å². The fraction of sp³-hybridized carbons (Fsp3) is 0.714. The molecule has 1 heterocycles. The molecule has 114 valence electrons. The Balaban J connectivity index is 2.27. The van der Waals surface area contributed by atoms with Crippen LogP contribution in [-0.4, -0.2) is 30.4 Å². The molecule has 1 fully saturated rings. The van der Waals surface area contributed by atoms with Crippen LogP contribution in [0.15, 0.2) is 11.0 Å². The molecule has 1 saturated carbocycles. The van der Waals surface area contributed by atoms with Gasteiger partial charge < -0.3 is 5.11 Å². The monoisotopic (exact) mass is 317 g/mol. The molecule has 0 atom stereocenters. The van der Waals surface area contributed by atoms with Gasteiger partial charge in [0.05, 0.1) is 11.5 Å². The van der Waals surface area contributed by atoms with Crippen LogP contribution >= 0.6 is 11.3 Å². The van der Waals surface area contributed by atoms with Gasteiger partial charge in [0.2, 0.25) is 10.0 Å². The average molecular weight is 317 g/mol. The molecule has 1 aromatic heterocycles. The van der Waals surface area contributed by atoms with E-state index in [2.05, 4.69) is 13.8 Å². The molecule has 1 aromatic rings. The molecule has 0 aliphatic heterocycles. The second kappa shape index (κ2) is 6.13. The van der Waals surface area contributed by atoms with Gasteiger partial charge in [0.15, 0.2) is 0 Å². The zero-order chi connectivity index (χ0) is 14.9. The van der Waals surface area contributed by atoms with Crippen molar-refractivity contribution in [1.29, 1.82) is 0 Å². The van der Waals surface area contributed by atoms with Crippen molar-refractivity contribution in [3.8, 4) is 0 Å². The Morgan fingerprint density at radius 3 is 2.55 bits per heavy atom. The lowest BCUT2D eigenvalue weighted by atomic mass is 10.1. The van der Waals surface area contributed by atoms with Crippen LogP contribution < -0.4 is 0 Å². The van der Waals surface area contributed by atoms with Gasteiger partial charge in [0.25, 0.3) is 0 Å². The van der Waals surface area contributed by atoms with Crippen molar-refractivity contribution < 1.29 is 13.5 Å². The highest BCUT2D eigenvalue weighted by atomic mass is 32.2. The SMILES string of the molecule is Cc1sc(CO)cc1S(=O)(=O)N(CCC(C)C)C1CC1. The van der Waals surface area contributed by atoms with Crippen molar-refractivity contribution in [2.45, 2.75) is 57.6 Å². The van der Waals surface area contributed by atoms with Crippen LogP contribution in [0.3, 0.4) is 0 Å². The fourth-order valence-corrected chi connectivity index (χ4v) is 5.40. The molecule has 2 rings (SSSR count). The van der Waals surface area contributed by atoms with Crippen LogP contribution in [0.2, 0.25) is 0 Å². The van der Waals surface area contributed by atoms with Crippen molar-refractivity contribution in [3.63, 3.8) is 0 Å². The minimum absolute atomic E-state index is 0.101. The van der Waals surface area contributed by atoms with E-state index in [-0.39, 0.29) is 12.6 Å². The molecule has 0 spiro atoms. The topological polar surface area (TPSA) is 57.6 Å². The van der Waals surface area contributed by atoms with E-state index in [1.807, 2.05) is 6.92 Å². The molecule has 0 saturated heterocycles. The van der Waals surface area contributed by atoms with E-state index in [1.165, 1.54) is 11.3 Å². The predicted octanol–water partition coefficient (Wildman–Crippen LogP) is 2.75. The number of nitrogens with zero attached hydrogens (tertiary/aromatic N) is 1. The van der Waals surface area contributed by atoms with Gasteiger partial charge in [-0.15, -0.1) is 11.3 Å². The van der Waals surface area contributed by atoms with E-state index in [9.17, 15) is 13.5 Å². The Morgan fingerprint density at radius 1 is 1.45 bits per heavy atom. The van der Waals surface area contributed by atoms with Gasteiger partial charge >= 0.3 is 0 Å². The number of hydrogen-bond donors (Lipinski definition) is 1. The number of aliphatic hydroxyl groups is 1. The quantitative estimate of drug-likeness (QED) is 0.841. The van der Waals surface area contributed by atoms with Gasteiger partial charge in [0, 0.05) is 22.3 Å². The molecular weight excluding hydrogens is 294 g/mol. The Labute approximate surface area is 125 Å². The highest BCUT2D eigenvalue weighted by Crippen LogP contribution is 2.35. The molecule has 1 aliphatic rings. The minimum Gasteiger partial charge on any atom is -0.391 e. The van der Waals surface area contributed by atoms with Crippen molar-refractivity contribution in [2.75, 3.05) is 6.54 Å². The Morgan fingerprint density at radius 2 is 2.10 bits per heavy atom. The first-order valence-corrected chi connectivity index (χ1v) is 9.34. The zero-order valence-electron chi connectivity index (χ0n) is 12.3. The van der Waals surface area contributed by atoms with E-state index in [1.54, 1.807) is 10.4 Å². The van der Waals surface area contributed by atoms with Crippen LogP contribution in [0, 0.1) is 12.8 Å². The van der Waals surface area contributed by atoms with Crippen LogP contribution in [0.1, 0.15) is 42.9 Å². The summed E-state index contributed by atoms with van der Waals surface area (Å²) in [5, 5.41) is 9.18. The molecule has 0 unspecified atom stereocenters. The lowest BCUT2D eigenvalue weighted by Crippen LogP contribution is -2.34. The van der Waals surface area contributed by atoms with Crippen LogP contribution in [-0.2, 0) is 16.6 Å². The summed E-state index contributed by atoms with van der Waals surface area (Å²) < 4.78 is 27.3. The third kappa shape index (κ3) is 3.42. The maximum Gasteiger partial charge on any atom is 0.244 e. The van der Waals surface area contributed by atoms with E-state index >= 15 is 0 Å². The number of aliphatic hydroxyl groups excluding tert-OH is 1. The van der Waals surface area contributed by atoms with E-state index < -0.39 is 10.0 Å². The number of rotatable bonds is 7. The van der Waals surface area contributed by atoms with Crippen LogP contribution in [0.4, 0.5) is 0 Å². The summed E-state index contributed by atoms with van der Waals surface area (Å²) in [5.41, 5.74) is 0. The van der Waals surface area contributed by atoms with Crippen LogP contribution in [0.5, 0.6) is 0 Å². The highest BCUT2D eigenvalue weighted by molar-refractivity contribution is 7.89. The second-order valence-electron chi connectivity index (χ2n) is 5.82. The first kappa shape index (κ1) is 15.9. The summed E-state index contributed by atoms with van der Waals surface area (Å²) in [6.07, 6.45) is 2.81. The first-order valence-electron chi connectivity index (χ1n) is 7.08. The summed E-state index contributed by atoms with van der Waals surface area (Å²) in [4.78, 5) is 1.85. The first-order chi connectivity index (χ1) is 9.36. The summed E-state index contributed by atoms with van der Waals surface area (Å²) in [5.74, 6) is 0.489. The van der Waals surface area contributed by atoms with Crippen LogP contribution in [0.25, 0.3) is 0 Å². The smallest absolute Gasteiger partial charge is 0.244 e. The van der Waals surface area contributed by atoms with Gasteiger partial charge in [-0.1, -0.05) is 13.8 Å². The second-order valence-corrected chi connectivity index (χ2v) is 9.02. The van der Waals surface area contributed by atoms with Crippen molar-refractivity contribution >= 4 is 21.4 Å². The molecule has 0 bridgehead atoms. The summed E-state index contributed by atoms with van der Waals surface area (Å²) in [6, 6.07) is 1.80. The highest BCUT2D eigenvalue weighted by Gasteiger charge is 2.38. The van der Waals surface area contributed by atoms with E-state index in [0.717, 1.165) is 24.1 Å². The standard InChI is InChI=1S/C14H23NO3S2/c1-10(2)6-7-15(12-4-5-12)20(17,18)14-8-13(9-16)19-11(14)3/h8,10,12,16H,4-7,9H2,1-3H3. The average Bonchev–Trinajstić information content (AvgIpc) is 3.10. The molecular formula is C14H23NO3S2. The minimum atomic E-state index is -3.42. The molecule has 1 N–H and O–H groups in total. The van der Waals surface area contributed by atoms with Crippen molar-refractivity contribution in [1.82, 2.24) is 4.31 Å². The van der Waals surface area contributed by atoms with E-state index in [0.29, 0.717) is 22.2 Å². The Bertz CT molecular complexity index is 559. The third-order valence-corrected chi connectivity index (χ3v) is 6.79. The maximum atomic E-state index is 12.8. The fourth-order valence-electron chi connectivity index (χ4n) is 2.23. The number of thiophene rings is 1. The lowest BCUT2D eigenvalue weighted by molar-refractivity contribution is 0.285. The number of hydrogen-bond acceptors (Lipinski definition) is 4. The third-order valence-electron chi connectivity index (χ3n) is 3.55. The van der Waals surface area contributed by atoms with Gasteiger partial charge in [-0.3, -0.25) is 0 Å². The summed E-state index contributed by atoms with van der Waals surface area (Å²) >= 11 is 1.36. The van der Waals surface area contributed by atoms with Crippen molar-refractivity contribution in [2.24, 2.45) is 5.92 Å². The molecule has 0 aromatic carbocycles. The molecule has 4 nitrogen and oxygen atoms in total. The molecule has 20 heavy (non-hydrogen) atoms. The molecule has 1 aliphatic carbocycles. The van der Waals surface area contributed by atoms with Gasteiger partial charge in [-0.05, 0) is 38.2 Å².